The minimum atomic E-state index is -0.789. The predicted molar refractivity (Wildman–Crippen MR) is 353 cm³/mol. The minimum Gasteiger partial charge on any atom is -0.462 e. The third kappa shape index (κ3) is 67.5. The summed E-state index contributed by atoms with van der Waals surface area (Å²) in [4.78, 5) is 38.4. The van der Waals surface area contributed by atoms with E-state index in [4.69, 9.17) is 14.2 Å². The van der Waals surface area contributed by atoms with Crippen LogP contribution in [0, 0.1) is 0 Å². The fraction of sp³-hybridized carbons (Fsp3) is 0.800. The first-order valence-corrected chi connectivity index (χ1v) is 35.4. The van der Waals surface area contributed by atoms with E-state index in [0.717, 1.165) is 96.3 Å². The molecule has 0 aromatic rings. The van der Waals surface area contributed by atoms with E-state index in [9.17, 15) is 14.4 Å². The maximum atomic E-state index is 13.0. The summed E-state index contributed by atoms with van der Waals surface area (Å²) in [7, 11) is 0. The number of rotatable bonds is 65. The number of hydrogen-bond acceptors (Lipinski definition) is 6. The first-order valence-electron chi connectivity index (χ1n) is 35.4. The van der Waals surface area contributed by atoms with Gasteiger partial charge in [0.25, 0.3) is 0 Å². The van der Waals surface area contributed by atoms with Crippen molar-refractivity contribution in [1.29, 1.82) is 0 Å². The molecule has 0 aliphatic rings. The SMILES string of the molecule is CC/C=C\C/C=C\C/C=C\CCCCCC(=O)OCC(COC(=O)CCCCCCCCCCCC/C=C\C/C=C\C/C=C\CCCCCCC)OC(=O)CCCCCCCCCCCCCCCCCCCCCCCCCCC. The molecule has 0 bridgehead atoms. The lowest BCUT2D eigenvalue weighted by Crippen LogP contribution is -2.30. The molecule has 0 saturated carbocycles. The fourth-order valence-electron chi connectivity index (χ4n) is 10.4. The first-order chi connectivity index (χ1) is 40.0. The molecule has 0 spiro atoms. The Bertz CT molecular complexity index is 1490. The highest BCUT2D eigenvalue weighted by Crippen LogP contribution is 2.18. The zero-order chi connectivity index (χ0) is 58.5. The van der Waals surface area contributed by atoms with E-state index in [1.807, 2.05) is 0 Å². The molecule has 0 radical (unpaired) electrons. The van der Waals surface area contributed by atoms with E-state index in [2.05, 4.69) is 93.7 Å². The number of hydrogen-bond donors (Lipinski definition) is 0. The van der Waals surface area contributed by atoms with Gasteiger partial charge in [0, 0.05) is 19.3 Å². The molecule has 0 aliphatic carbocycles. The van der Waals surface area contributed by atoms with Crippen LogP contribution in [0.4, 0.5) is 0 Å². The summed E-state index contributed by atoms with van der Waals surface area (Å²) in [5, 5.41) is 0. The molecule has 1 unspecified atom stereocenters. The second kappa shape index (κ2) is 69.3. The summed E-state index contributed by atoms with van der Waals surface area (Å²) in [6.45, 7) is 6.54. The van der Waals surface area contributed by atoms with E-state index in [1.54, 1.807) is 0 Å². The van der Waals surface area contributed by atoms with Gasteiger partial charge in [-0.1, -0.05) is 331 Å². The van der Waals surface area contributed by atoms with Crippen molar-refractivity contribution in [3.05, 3.63) is 72.9 Å². The summed E-state index contributed by atoms with van der Waals surface area (Å²) in [6.07, 6.45) is 90.8. The van der Waals surface area contributed by atoms with Gasteiger partial charge in [0.1, 0.15) is 13.2 Å². The number of allylic oxidation sites excluding steroid dienone is 12. The summed E-state index contributed by atoms with van der Waals surface area (Å²) >= 11 is 0. The van der Waals surface area contributed by atoms with Crippen molar-refractivity contribution in [2.75, 3.05) is 13.2 Å². The van der Waals surface area contributed by atoms with Crippen LogP contribution in [0.3, 0.4) is 0 Å². The lowest BCUT2D eigenvalue weighted by atomic mass is 10.0. The Balaban J connectivity index is 4.27. The summed E-state index contributed by atoms with van der Waals surface area (Å²) in [5.74, 6) is -0.897. The molecule has 1 atom stereocenters. The highest BCUT2D eigenvalue weighted by Gasteiger charge is 2.19. The van der Waals surface area contributed by atoms with E-state index in [-0.39, 0.29) is 31.1 Å². The van der Waals surface area contributed by atoms with Crippen molar-refractivity contribution in [3.63, 3.8) is 0 Å². The lowest BCUT2D eigenvalue weighted by molar-refractivity contribution is -0.167. The van der Waals surface area contributed by atoms with Gasteiger partial charge < -0.3 is 14.2 Å². The van der Waals surface area contributed by atoms with Crippen LogP contribution in [-0.2, 0) is 28.6 Å². The van der Waals surface area contributed by atoms with Crippen molar-refractivity contribution in [2.24, 2.45) is 0 Å². The molecule has 0 N–H and O–H groups in total. The van der Waals surface area contributed by atoms with Crippen LogP contribution in [0.2, 0.25) is 0 Å². The predicted octanol–water partition coefficient (Wildman–Crippen LogP) is 24.4. The van der Waals surface area contributed by atoms with Gasteiger partial charge in [-0.2, -0.15) is 0 Å². The molecule has 0 aromatic carbocycles. The molecular weight excluding hydrogens is 997 g/mol. The van der Waals surface area contributed by atoms with Gasteiger partial charge in [-0.25, -0.2) is 0 Å². The summed E-state index contributed by atoms with van der Waals surface area (Å²) < 4.78 is 17.0. The topological polar surface area (TPSA) is 78.9 Å². The van der Waals surface area contributed by atoms with Gasteiger partial charge in [-0.15, -0.1) is 0 Å². The van der Waals surface area contributed by atoms with Gasteiger partial charge in [0.15, 0.2) is 6.10 Å². The molecule has 0 aromatic heterocycles. The number of esters is 3. The van der Waals surface area contributed by atoms with E-state index in [1.165, 1.54) is 231 Å². The highest BCUT2D eigenvalue weighted by atomic mass is 16.6. The van der Waals surface area contributed by atoms with Gasteiger partial charge in [0.2, 0.25) is 0 Å². The quantitative estimate of drug-likeness (QED) is 0.0261. The number of ether oxygens (including phenoxy) is 3. The Morgan fingerprint density at radius 2 is 0.481 bits per heavy atom. The molecule has 0 saturated heterocycles. The Morgan fingerprint density at radius 3 is 0.765 bits per heavy atom. The summed E-state index contributed by atoms with van der Waals surface area (Å²) in [5.41, 5.74) is 0. The van der Waals surface area contributed by atoms with Crippen molar-refractivity contribution < 1.29 is 28.6 Å². The molecule has 6 nitrogen and oxygen atoms in total. The minimum absolute atomic E-state index is 0.0840. The molecule has 0 rings (SSSR count). The average molecular weight is 1130 g/mol. The van der Waals surface area contributed by atoms with Gasteiger partial charge in [-0.3, -0.25) is 14.4 Å². The van der Waals surface area contributed by atoms with Crippen molar-refractivity contribution in [1.82, 2.24) is 0 Å². The lowest BCUT2D eigenvalue weighted by Gasteiger charge is -2.18. The zero-order valence-corrected chi connectivity index (χ0v) is 54.1. The normalized spacial score (nSPS) is 12.5. The van der Waals surface area contributed by atoms with Crippen LogP contribution in [0.15, 0.2) is 72.9 Å². The van der Waals surface area contributed by atoms with Crippen LogP contribution in [0.1, 0.15) is 367 Å². The number of unbranched alkanes of at least 4 members (excludes halogenated alkanes) is 42. The molecule has 470 valence electrons. The first kappa shape index (κ1) is 77.9. The molecule has 81 heavy (non-hydrogen) atoms. The Hall–Kier alpha value is -3.15. The molecular formula is C75H134O6. The van der Waals surface area contributed by atoms with E-state index < -0.39 is 6.10 Å². The number of carbonyl (C=O) groups is 3. The van der Waals surface area contributed by atoms with Crippen LogP contribution >= 0.6 is 0 Å². The Morgan fingerprint density at radius 1 is 0.259 bits per heavy atom. The molecule has 6 heteroatoms. The van der Waals surface area contributed by atoms with Crippen molar-refractivity contribution in [3.8, 4) is 0 Å². The van der Waals surface area contributed by atoms with Gasteiger partial charge >= 0.3 is 17.9 Å². The van der Waals surface area contributed by atoms with Crippen molar-refractivity contribution >= 4 is 17.9 Å². The fourth-order valence-corrected chi connectivity index (χ4v) is 10.4. The van der Waals surface area contributed by atoms with Gasteiger partial charge in [0.05, 0.1) is 0 Å². The maximum Gasteiger partial charge on any atom is 0.306 e. The highest BCUT2D eigenvalue weighted by molar-refractivity contribution is 5.71. The third-order valence-electron chi connectivity index (χ3n) is 15.7. The molecule has 0 fully saturated rings. The largest absolute Gasteiger partial charge is 0.462 e. The zero-order valence-electron chi connectivity index (χ0n) is 54.1. The van der Waals surface area contributed by atoms with Crippen LogP contribution in [0.5, 0.6) is 0 Å². The van der Waals surface area contributed by atoms with Crippen LogP contribution in [-0.4, -0.2) is 37.2 Å². The summed E-state index contributed by atoms with van der Waals surface area (Å²) in [6, 6.07) is 0. The van der Waals surface area contributed by atoms with Crippen molar-refractivity contribution in [2.45, 2.75) is 374 Å². The molecule has 0 aliphatic heterocycles. The van der Waals surface area contributed by atoms with Crippen LogP contribution < -0.4 is 0 Å². The van der Waals surface area contributed by atoms with E-state index in [0.29, 0.717) is 19.3 Å². The van der Waals surface area contributed by atoms with Gasteiger partial charge in [-0.05, 0) is 89.9 Å². The molecule has 0 amide bonds. The smallest absolute Gasteiger partial charge is 0.306 e. The van der Waals surface area contributed by atoms with Crippen LogP contribution in [0.25, 0.3) is 0 Å². The standard InChI is InChI=1S/C75H134O6/c1-4-7-10-13-16-19-22-25-27-29-31-33-35-37-39-41-43-45-47-50-53-56-59-62-65-68-74(77)80-71-72(70-79-73(76)67-64-61-58-55-52-49-24-21-18-15-12-9-6-3)81-75(78)69-66-63-60-57-54-51-48-46-44-42-40-38-36-34-32-30-28-26-23-20-17-14-11-8-5-2/h9,12,18,21-22,25,29,31,35,37,49,52,72H,4-8,10-11,13-17,19-20,23-24,26-28,30,32-34,36,38-48,50-51,53-71H2,1-3H3/b12-9-,21-18-,25-22-,31-29-,37-35-,52-49-. The third-order valence-corrected chi connectivity index (χ3v) is 15.7. The Labute approximate surface area is 503 Å². The molecule has 0 heterocycles. The number of carbonyl (C=O) groups excluding carboxylic acids is 3. The maximum absolute atomic E-state index is 13.0. The monoisotopic (exact) mass is 1130 g/mol. The Kier molecular flexibility index (Phi) is 66.6. The second-order valence-electron chi connectivity index (χ2n) is 23.8. The second-order valence-corrected chi connectivity index (χ2v) is 23.8. The average Bonchev–Trinajstić information content (AvgIpc) is 3.46. The van der Waals surface area contributed by atoms with E-state index >= 15 is 0 Å².